The number of carbonyl (C=O) groups excluding carboxylic acids is 2. The Labute approximate surface area is 249 Å². The molecule has 2 unspecified atom stereocenters. The van der Waals surface area contributed by atoms with Gasteiger partial charge < -0.3 is 39.6 Å². The quantitative estimate of drug-likeness (QED) is 0.319. The first-order chi connectivity index (χ1) is 20.3. The Balaban J connectivity index is 1.27. The van der Waals surface area contributed by atoms with Gasteiger partial charge in [-0.1, -0.05) is 0 Å². The summed E-state index contributed by atoms with van der Waals surface area (Å²) in [6, 6.07) is 4.20. The summed E-state index contributed by atoms with van der Waals surface area (Å²) in [7, 11) is 1.68. The number of ether oxygens (including phenoxy) is 4. The van der Waals surface area contributed by atoms with E-state index in [9.17, 15) is 14.7 Å². The van der Waals surface area contributed by atoms with Gasteiger partial charge in [-0.25, -0.2) is 0 Å². The summed E-state index contributed by atoms with van der Waals surface area (Å²) in [6.45, 7) is 8.41. The first kappa shape index (κ1) is 31.0. The molecule has 3 atom stereocenters. The SMILES string of the molecule is COCCCOc1cc(CN(C(=O)[C@H]2CNCC(C(=O)NC(C)(C)C3CCOCC3)C2O)C2CC2)cc2c1CCCO2. The van der Waals surface area contributed by atoms with Gasteiger partial charge in [0.05, 0.1) is 31.2 Å². The van der Waals surface area contributed by atoms with Crippen LogP contribution >= 0.6 is 0 Å². The maximum absolute atomic E-state index is 14.0. The van der Waals surface area contributed by atoms with E-state index < -0.39 is 23.5 Å². The lowest BCUT2D eigenvalue weighted by molar-refractivity contribution is -0.146. The van der Waals surface area contributed by atoms with Crippen molar-refractivity contribution in [1.82, 2.24) is 15.5 Å². The lowest BCUT2D eigenvalue weighted by atomic mass is 9.80. The normalized spacial score (nSPS) is 24.8. The maximum atomic E-state index is 14.0. The van der Waals surface area contributed by atoms with Crippen molar-refractivity contribution < 1.29 is 33.6 Å². The Bertz CT molecular complexity index is 1090. The van der Waals surface area contributed by atoms with Crippen LogP contribution in [0.25, 0.3) is 0 Å². The predicted molar refractivity (Wildman–Crippen MR) is 157 cm³/mol. The molecule has 234 valence electrons. The van der Waals surface area contributed by atoms with Gasteiger partial charge in [0.1, 0.15) is 11.5 Å². The molecule has 5 rings (SSSR count). The number of piperidine rings is 1. The summed E-state index contributed by atoms with van der Waals surface area (Å²) >= 11 is 0. The lowest BCUT2D eigenvalue weighted by Gasteiger charge is -2.41. The van der Waals surface area contributed by atoms with E-state index in [1.807, 2.05) is 30.9 Å². The van der Waals surface area contributed by atoms with Gasteiger partial charge in [-0.3, -0.25) is 9.59 Å². The highest BCUT2D eigenvalue weighted by Crippen LogP contribution is 2.37. The van der Waals surface area contributed by atoms with E-state index in [0.717, 1.165) is 67.6 Å². The molecule has 3 N–H and O–H groups in total. The molecule has 1 aromatic carbocycles. The number of aliphatic hydroxyl groups is 1. The van der Waals surface area contributed by atoms with Crippen molar-refractivity contribution in [2.24, 2.45) is 17.8 Å². The Morgan fingerprint density at radius 1 is 1.10 bits per heavy atom. The van der Waals surface area contributed by atoms with E-state index in [4.69, 9.17) is 18.9 Å². The van der Waals surface area contributed by atoms with Crippen LogP contribution in [0.2, 0.25) is 0 Å². The number of nitrogens with zero attached hydrogens (tertiary/aromatic N) is 1. The van der Waals surface area contributed by atoms with Gasteiger partial charge in [-0.2, -0.15) is 0 Å². The van der Waals surface area contributed by atoms with E-state index in [-0.39, 0.29) is 17.9 Å². The average Bonchev–Trinajstić information content (AvgIpc) is 3.83. The van der Waals surface area contributed by atoms with Crippen LogP contribution in [-0.2, 0) is 32.0 Å². The fourth-order valence-corrected chi connectivity index (χ4v) is 6.60. The summed E-state index contributed by atoms with van der Waals surface area (Å²) < 4.78 is 22.8. The summed E-state index contributed by atoms with van der Waals surface area (Å²) in [6.07, 6.45) is 5.23. The van der Waals surface area contributed by atoms with Gasteiger partial charge in [-0.15, -0.1) is 0 Å². The van der Waals surface area contributed by atoms with Crippen LogP contribution in [0.3, 0.4) is 0 Å². The number of rotatable bonds is 12. The van der Waals surface area contributed by atoms with E-state index in [1.54, 1.807) is 7.11 Å². The van der Waals surface area contributed by atoms with Crippen molar-refractivity contribution >= 4 is 11.8 Å². The smallest absolute Gasteiger partial charge is 0.230 e. The molecule has 42 heavy (non-hydrogen) atoms. The number of methoxy groups -OCH3 is 1. The molecule has 3 fully saturated rings. The van der Waals surface area contributed by atoms with Gasteiger partial charge in [0.25, 0.3) is 0 Å². The zero-order valence-electron chi connectivity index (χ0n) is 25.5. The topological polar surface area (TPSA) is 119 Å². The van der Waals surface area contributed by atoms with Crippen molar-refractivity contribution in [1.29, 1.82) is 0 Å². The van der Waals surface area contributed by atoms with Gasteiger partial charge in [-0.05, 0) is 76.0 Å². The third-order valence-corrected chi connectivity index (χ3v) is 9.32. The number of carbonyl (C=O) groups is 2. The fourth-order valence-electron chi connectivity index (χ4n) is 6.60. The Kier molecular flexibility index (Phi) is 10.3. The van der Waals surface area contributed by atoms with Crippen molar-refractivity contribution in [3.63, 3.8) is 0 Å². The number of aliphatic hydroxyl groups excluding tert-OH is 1. The lowest BCUT2D eigenvalue weighted by Crippen LogP contribution is -2.60. The second-order valence-corrected chi connectivity index (χ2v) is 12.9. The summed E-state index contributed by atoms with van der Waals surface area (Å²) in [5.41, 5.74) is 1.61. The summed E-state index contributed by atoms with van der Waals surface area (Å²) in [4.78, 5) is 29.3. The van der Waals surface area contributed by atoms with Crippen LogP contribution < -0.4 is 20.1 Å². The molecule has 3 aliphatic heterocycles. The zero-order valence-corrected chi connectivity index (χ0v) is 25.5. The molecule has 1 saturated carbocycles. The average molecular weight is 588 g/mol. The minimum atomic E-state index is -1.06. The van der Waals surface area contributed by atoms with Crippen LogP contribution in [0.1, 0.15) is 63.5 Å². The molecule has 3 heterocycles. The molecule has 0 bridgehead atoms. The van der Waals surface area contributed by atoms with Crippen molar-refractivity contribution in [3.05, 3.63) is 23.3 Å². The number of benzene rings is 1. The van der Waals surface area contributed by atoms with Crippen LogP contribution in [-0.4, -0.2) is 92.7 Å². The van der Waals surface area contributed by atoms with Gasteiger partial charge in [0, 0.05) is 70.1 Å². The highest BCUT2D eigenvalue weighted by Gasteiger charge is 2.45. The largest absolute Gasteiger partial charge is 0.493 e. The summed E-state index contributed by atoms with van der Waals surface area (Å²) in [5, 5.41) is 17.9. The van der Waals surface area contributed by atoms with Crippen LogP contribution in [0.5, 0.6) is 11.5 Å². The molecule has 4 aliphatic rings. The van der Waals surface area contributed by atoms with Crippen LogP contribution in [0.4, 0.5) is 0 Å². The van der Waals surface area contributed by atoms with Gasteiger partial charge >= 0.3 is 0 Å². The van der Waals surface area contributed by atoms with Crippen molar-refractivity contribution in [3.8, 4) is 11.5 Å². The van der Waals surface area contributed by atoms with Gasteiger partial charge in [0.2, 0.25) is 11.8 Å². The molecule has 1 aliphatic carbocycles. The minimum Gasteiger partial charge on any atom is -0.493 e. The molecule has 0 radical (unpaired) electrons. The van der Waals surface area contributed by atoms with Gasteiger partial charge in [0.15, 0.2) is 0 Å². The zero-order chi connectivity index (χ0) is 29.7. The molecule has 10 nitrogen and oxygen atoms in total. The van der Waals surface area contributed by atoms with E-state index in [0.29, 0.717) is 58.6 Å². The standard InChI is InChI=1S/C32H49N3O7/c1-32(2,22-9-14-40-15-10-22)34-30(37)25-18-33-19-26(29(25)36)31(38)35(23-7-8-23)20-21-16-27-24(6-4-12-41-27)28(17-21)42-13-5-11-39-3/h16-17,22-23,25-26,29,33,36H,4-15,18-20H2,1-3H3,(H,34,37)/t25?,26-,29?/m0/s1. The Morgan fingerprint density at radius 2 is 1.86 bits per heavy atom. The first-order valence-electron chi connectivity index (χ1n) is 15.8. The molecule has 2 saturated heterocycles. The molecule has 1 aromatic rings. The third-order valence-electron chi connectivity index (χ3n) is 9.32. The van der Waals surface area contributed by atoms with Crippen LogP contribution in [0, 0.1) is 17.8 Å². The molecule has 0 spiro atoms. The Hall–Kier alpha value is -2.40. The molecule has 10 heteroatoms. The second-order valence-electron chi connectivity index (χ2n) is 12.9. The molecular formula is C32H49N3O7. The third kappa shape index (κ3) is 7.38. The highest BCUT2D eigenvalue weighted by molar-refractivity contribution is 5.85. The molecular weight excluding hydrogens is 538 g/mol. The maximum Gasteiger partial charge on any atom is 0.230 e. The molecule has 2 amide bonds. The second kappa shape index (κ2) is 13.9. The van der Waals surface area contributed by atoms with E-state index in [1.165, 1.54) is 0 Å². The predicted octanol–water partition coefficient (Wildman–Crippen LogP) is 2.44. The number of fused-ring (bicyclic) bond motifs is 1. The fraction of sp³-hybridized carbons (Fsp3) is 0.750. The number of hydrogen-bond acceptors (Lipinski definition) is 8. The van der Waals surface area contributed by atoms with E-state index >= 15 is 0 Å². The van der Waals surface area contributed by atoms with E-state index in [2.05, 4.69) is 10.6 Å². The molecule has 0 aromatic heterocycles. The number of hydrogen-bond donors (Lipinski definition) is 3. The number of nitrogens with one attached hydrogen (secondary N) is 2. The minimum absolute atomic E-state index is 0.111. The Morgan fingerprint density at radius 3 is 2.60 bits per heavy atom. The van der Waals surface area contributed by atoms with Crippen molar-refractivity contribution in [2.75, 3.05) is 53.2 Å². The van der Waals surface area contributed by atoms with Crippen LogP contribution in [0.15, 0.2) is 12.1 Å². The highest BCUT2D eigenvalue weighted by atomic mass is 16.5. The first-order valence-corrected chi connectivity index (χ1v) is 15.8. The monoisotopic (exact) mass is 587 g/mol. The van der Waals surface area contributed by atoms with Crippen molar-refractivity contribution in [2.45, 2.75) is 83.0 Å². The summed E-state index contributed by atoms with van der Waals surface area (Å²) in [5.74, 6) is 0.235. The number of amides is 2.